The number of likely N-dealkylation sites (tertiary alicyclic amines) is 1. The summed E-state index contributed by atoms with van der Waals surface area (Å²) in [5.74, 6) is 1.25. The summed E-state index contributed by atoms with van der Waals surface area (Å²) in [6.07, 6.45) is 5.40. The fourth-order valence-corrected chi connectivity index (χ4v) is 4.10. The van der Waals surface area contributed by atoms with E-state index in [1.54, 1.807) is 25.5 Å². The summed E-state index contributed by atoms with van der Waals surface area (Å²) in [4.78, 5) is 33.4. The first-order valence-corrected chi connectivity index (χ1v) is 9.80. The Kier molecular flexibility index (Phi) is 4.04. The Morgan fingerprint density at radius 2 is 2.14 bits per heavy atom. The molecule has 1 amide bonds. The van der Waals surface area contributed by atoms with Gasteiger partial charge < -0.3 is 14.5 Å². The Balaban J connectivity index is 1.49. The second-order valence-corrected chi connectivity index (χ2v) is 7.55. The summed E-state index contributed by atoms with van der Waals surface area (Å²) in [6, 6.07) is 5.75. The lowest BCUT2D eigenvalue weighted by Gasteiger charge is -2.30. The van der Waals surface area contributed by atoms with E-state index < -0.39 is 0 Å². The van der Waals surface area contributed by atoms with Crippen molar-refractivity contribution in [3.63, 3.8) is 0 Å². The third kappa shape index (κ3) is 2.84. The molecule has 1 saturated heterocycles. The Bertz CT molecular complexity index is 1170. The van der Waals surface area contributed by atoms with Crippen molar-refractivity contribution in [3.05, 3.63) is 46.6 Å². The summed E-state index contributed by atoms with van der Waals surface area (Å²) in [7, 11) is 1.63. The van der Waals surface area contributed by atoms with E-state index in [2.05, 4.69) is 17.0 Å². The lowest BCUT2D eigenvalue weighted by Crippen LogP contribution is -2.34. The fourth-order valence-electron chi connectivity index (χ4n) is 4.10. The van der Waals surface area contributed by atoms with Crippen LogP contribution in [0, 0.1) is 0 Å². The third-order valence-electron chi connectivity index (χ3n) is 5.69. The average Bonchev–Trinajstić information content (AvgIpc) is 3.29. The van der Waals surface area contributed by atoms with Crippen LogP contribution in [0.4, 0.5) is 11.5 Å². The molecule has 0 bridgehead atoms. The first-order valence-electron chi connectivity index (χ1n) is 9.80. The van der Waals surface area contributed by atoms with Gasteiger partial charge in [-0.15, -0.1) is 0 Å². The highest BCUT2D eigenvalue weighted by molar-refractivity contribution is 5.95. The topological polar surface area (TPSA) is 85.0 Å². The van der Waals surface area contributed by atoms with Crippen LogP contribution in [0.1, 0.15) is 30.1 Å². The second-order valence-electron chi connectivity index (χ2n) is 7.55. The molecule has 5 rings (SSSR count). The van der Waals surface area contributed by atoms with Crippen molar-refractivity contribution < 1.29 is 9.53 Å². The van der Waals surface area contributed by atoms with Gasteiger partial charge in [-0.1, -0.05) is 0 Å². The molecule has 5 heterocycles. The van der Waals surface area contributed by atoms with Crippen molar-refractivity contribution in [3.8, 4) is 5.75 Å². The maximum absolute atomic E-state index is 12.8. The highest BCUT2D eigenvalue weighted by Gasteiger charge is 2.28. The molecule has 0 unspecified atom stereocenters. The summed E-state index contributed by atoms with van der Waals surface area (Å²) in [6.45, 7) is 3.96. The van der Waals surface area contributed by atoms with Gasteiger partial charge in [0.2, 0.25) is 0 Å². The minimum Gasteiger partial charge on any atom is -0.488 e. The van der Waals surface area contributed by atoms with Crippen LogP contribution in [0.2, 0.25) is 0 Å². The minimum absolute atomic E-state index is 0.000281. The van der Waals surface area contributed by atoms with Crippen LogP contribution in [0.5, 0.6) is 5.75 Å². The van der Waals surface area contributed by atoms with Gasteiger partial charge in [0.25, 0.3) is 5.91 Å². The number of aromatic nitrogens is 4. The number of carbonyl (C=O) groups is 1. The van der Waals surface area contributed by atoms with Crippen LogP contribution in [0.3, 0.4) is 0 Å². The molecule has 0 radical (unpaired) electrons. The molecule has 9 heteroatoms. The molecule has 3 aromatic rings. The van der Waals surface area contributed by atoms with Gasteiger partial charge >= 0.3 is 5.69 Å². The van der Waals surface area contributed by atoms with Gasteiger partial charge in [-0.2, -0.15) is 5.10 Å². The molecule has 2 aliphatic heterocycles. The first kappa shape index (κ1) is 17.7. The number of nitrogens with zero attached hydrogens (tertiary/aromatic N) is 6. The van der Waals surface area contributed by atoms with E-state index in [4.69, 9.17) is 4.74 Å². The number of aryl methyl sites for hydroxylation is 1. The fraction of sp³-hybridized carbons (Fsp3) is 0.400. The molecule has 150 valence electrons. The summed E-state index contributed by atoms with van der Waals surface area (Å²) in [5.41, 5.74) is 1.79. The maximum atomic E-state index is 12.8. The Hall–Kier alpha value is -3.36. The SMILES string of the molecule is C[C@H]1CCCN1C(=O)c1cnc2c(c1)OCCN2c1ccn2c(=O)n(C)nc2c1. The lowest BCUT2D eigenvalue weighted by molar-refractivity contribution is 0.0746. The van der Waals surface area contributed by atoms with Gasteiger partial charge in [-0.05, 0) is 31.9 Å². The van der Waals surface area contributed by atoms with Crippen LogP contribution in [0.15, 0.2) is 35.4 Å². The molecule has 9 nitrogen and oxygen atoms in total. The smallest absolute Gasteiger partial charge is 0.350 e. The van der Waals surface area contributed by atoms with Crippen LogP contribution in [-0.2, 0) is 7.05 Å². The van der Waals surface area contributed by atoms with E-state index in [1.807, 2.05) is 21.9 Å². The zero-order valence-corrected chi connectivity index (χ0v) is 16.4. The van der Waals surface area contributed by atoms with Crippen molar-refractivity contribution in [2.45, 2.75) is 25.8 Å². The van der Waals surface area contributed by atoms with Gasteiger partial charge in [0, 0.05) is 43.8 Å². The van der Waals surface area contributed by atoms with E-state index in [-0.39, 0.29) is 17.6 Å². The Morgan fingerprint density at radius 3 is 2.93 bits per heavy atom. The van der Waals surface area contributed by atoms with Crippen molar-refractivity contribution >= 4 is 23.1 Å². The van der Waals surface area contributed by atoms with E-state index in [1.165, 1.54) is 9.08 Å². The second kappa shape index (κ2) is 6.61. The molecular weight excluding hydrogens is 372 g/mol. The molecule has 0 saturated carbocycles. The zero-order chi connectivity index (χ0) is 20.1. The van der Waals surface area contributed by atoms with Gasteiger partial charge in [-0.25, -0.2) is 14.5 Å². The number of hydrogen-bond acceptors (Lipinski definition) is 6. The molecule has 3 aromatic heterocycles. The molecule has 29 heavy (non-hydrogen) atoms. The highest BCUT2D eigenvalue weighted by Crippen LogP contribution is 2.35. The summed E-state index contributed by atoms with van der Waals surface area (Å²) < 4.78 is 8.62. The van der Waals surface area contributed by atoms with Crippen molar-refractivity contribution in [1.29, 1.82) is 0 Å². The highest BCUT2D eigenvalue weighted by atomic mass is 16.5. The number of pyridine rings is 2. The standard InChI is InChI=1S/C20H22N6O3/c1-13-4-3-6-24(13)19(27)14-10-16-18(21-12-14)25(8-9-29-16)15-5-7-26-17(11-15)22-23(2)20(26)28/h5,7,10-13H,3-4,6,8-9H2,1-2H3/t13-/m0/s1. The number of carbonyl (C=O) groups excluding carboxylic acids is 1. The molecule has 1 atom stereocenters. The maximum Gasteiger partial charge on any atom is 0.350 e. The molecule has 2 aliphatic rings. The predicted molar refractivity (Wildman–Crippen MR) is 107 cm³/mol. The number of amides is 1. The average molecular weight is 394 g/mol. The number of rotatable bonds is 2. The van der Waals surface area contributed by atoms with E-state index in [0.29, 0.717) is 35.9 Å². The monoisotopic (exact) mass is 394 g/mol. The van der Waals surface area contributed by atoms with Crippen molar-refractivity contribution in [2.75, 3.05) is 24.6 Å². The number of hydrogen-bond donors (Lipinski definition) is 0. The molecular formula is C20H22N6O3. The van der Waals surface area contributed by atoms with Gasteiger partial charge in [-0.3, -0.25) is 9.20 Å². The number of ether oxygens (including phenoxy) is 1. The minimum atomic E-state index is -0.189. The molecule has 0 aromatic carbocycles. The largest absolute Gasteiger partial charge is 0.488 e. The van der Waals surface area contributed by atoms with Crippen LogP contribution in [0.25, 0.3) is 5.65 Å². The summed E-state index contributed by atoms with van der Waals surface area (Å²) in [5, 5.41) is 4.25. The quantitative estimate of drug-likeness (QED) is 0.656. The molecule has 0 spiro atoms. The Labute approximate surface area is 167 Å². The Morgan fingerprint density at radius 1 is 1.28 bits per heavy atom. The zero-order valence-electron chi connectivity index (χ0n) is 16.4. The number of fused-ring (bicyclic) bond motifs is 2. The van der Waals surface area contributed by atoms with Gasteiger partial charge in [0.1, 0.15) is 6.61 Å². The lowest BCUT2D eigenvalue weighted by atomic mass is 10.2. The predicted octanol–water partition coefficient (Wildman–Crippen LogP) is 1.58. The molecule has 0 aliphatic carbocycles. The molecule has 1 fully saturated rings. The van der Waals surface area contributed by atoms with Crippen LogP contribution < -0.4 is 15.3 Å². The van der Waals surface area contributed by atoms with Crippen molar-refractivity contribution in [2.24, 2.45) is 7.05 Å². The van der Waals surface area contributed by atoms with Crippen molar-refractivity contribution in [1.82, 2.24) is 24.1 Å². The van der Waals surface area contributed by atoms with Gasteiger partial charge in [0.05, 0.1) is 12.1 Å². The van der Waals surface area contributed by atoms with Crippen LogP contribution in [-0.4, -0.2) is 55.7 Å². The van der Waals surface area contributed by atoms with E-state index in [0.717, 1.165) is 25.1 Å². The van der Waals surface area contributed by atoms with Gasteiger partial charge in [0.15, 0.2) is 17.2 Å². The first-order chi connectivity index (χ1) is 14.0. The summed E-state index contributed by atoms with van der Waals surface area (Å²) >= 11 is 0. The van der Waals surface area contributed by atoms with E-state index >= 15 is 0 Å². The van der Waals surface area contributed by atoms with E-state index in [9.17, 15) is 9.59 Å². The number of anilines is 2. The molecule has 0 N–H and O–H groups in total. The normalized spacial score (nSPS) is 18.8. The van der Waals surface area contributed by atoms with Crippen LogP contribution >= 0.6 is 0 Å². The third-order valence-corrected chi connectivity index (χ3v) is 5.69.